The first kappa shape index (κ1) is 12.6. The third-order valence-corrected chi connectivity index (χ3v) is 2.86. The molecule has 98 valence electrons. The highest BCUT2D eigenvalue weighted by Crippen LogP contribution is 2.33. The first-order valence-electron chi connectivity index (χ1n) is 6.06. The topological polar surface area (TPSA) is 75.6 Å². The number of carboxylic acids is 1. The summed E-state index contributed by atoms with van der Waals surface area (Å²) in [6, 6.07) is 0.282. The van der Waals surface area contributed by atoms with Crippen LogP contribution in [0.1, 0.15) is 25.3 Å². The van der Waals surface area contributed by atoms with Crippen molar-refractivity contribution in [3.8, 4) is 5.88 Å². The summed E-state index contributed by atoms with van der Waals surface area (Å²) in [6.07, 6.45) is 3.45. The Labute approximate surface area is 106 Å². The number of nitrogens with zero attached hydrogens (tertiary/aromatic N) is 3. The zero-order chi connectivity index (χ0) is 13.1. The van der Waals surface area contributed by atoms with Crippen LogP contribution in [0.25, 0.3) is 0 Å². The second-order valence-electron chi connectivity index (χ2n) is 4.31. The average Bonchev–Trinajstić information content (AvgIpc) is 3.13. The van der Waals surface area contributed by atoms with Crippen LogP contribution in [0.15, 0.2) is 6.33 Å². The summed E-state index contributed by atoms with van der Waals surface area (Å²) in [4.78, 5) is 21.0. The van der Waals surface area contributed by atoms with Crippen molar-refractivity contribution in [2.45, 2.75) is 32.7 Å². The van der Waals surface area contributed by atoms with Crippen molar-refractivity contribution >= 4 is 11.8 Å². The Morgan fingerprint density at radius 3 is 2.83 bits per heavy atom. The van der Waals surface area contributed by atoms with Gasteiger partial charge in [-0.05, 0) is 26.7 Å². The van der Waals surface area contributed by atoms with Crippen LogP contribution in [-0.4, -0.2) is 40.2 Å². The predicted molar refractivity (Wildman–Crippen MR) is 65.9 cm³/mol. The molecule has 1 aromatic rings. The van der Waals surface area contributed by atoms with E-state index >= 15 is 0 Å². The van der Waals surface area contributed by atoms with Crippen LogP contribution in [0, 0.1) is 6.92 Å². The molecule has 0 bridgehead atoms. The number of aromatic nitrogens is 2. The monoisotopic (exact) mass is 251 g/mol. The van der Waals surface area contributed by atoms with E-state index in [2.05, 4.69) is 9.97 Å². The third kappa shape index (κ3) is 2.69. The van der Waals surface area contributed by atoms with E-state index < -0.39 is 5.97 Å². The molecule has 6 heteroatoms. The predicted octanol–water partition coefficient (Wildman–Crippen LogP) is 1.24. The molecule has 0 spiro atoms. The molecule has 1 saturated carbocycles. The second kappa shape index (κ2) is 5.20. The molecule has 1 N–H and O–H groups in total. The molecule has 18 heavy (non-hydrogen) atoms. The zero-order valence-electron chi connectivity index (χ0n) is 10.6. The molecular formula is C12H17N3O3. The fourth-order valence-electron chi connectivity index (χ4n) is 1.91. The van der Waals surface area contributed by atoms with Crippen LogP contribution in [0.2, 0.25) is 0 Å². The molecule has 0 unspecified atom stereocenters. The van der Waals surface area contributed by atoms with E-state index in [9.17, 15) is 4.79 Å². The highest BCUT2D eigenvalue weighted by molar-refractivity contribution is 5.74. The Kier molecular flexibility index (Phi) is 3.64. The average molecular weight is 251 g/mol. The van der Waals surface area contributed by atoms with Crippen LogP contribution >= 0.6 is 0 Å². The quantitative estimate of drug-likeness (QED) is 0.819. The van der Waals surface area contributed by atoms with Crippen LogP contribution in [0.4, 0.5) is 5.82 Å². The number of ether oxygens (including phenoxy) is 1. The van der Waals surface area contributed by atoms with Crippen molar-refractivity contribution in [1.29, 1.82) is 0 Å². The van der Waals surface area contributed by atoms with Crippen LogP contribution in [-0.2, 0) is 4.79 Å². The van der Waals surface area contributed by atoms with Gasteiger partial charge >= 0.3 is 5.97 Å². The van der Waals surface area contributed by atoms with E-state index in [1.807, 2.05) is 18.7 Å². The minimum absolute atomic E-state index is 0.0336. The van der Waals surface area contributed by atoms with Crippen LogP contribution in [0.3, 0.4) is 0 Å². The molecule has 0 amide bonds. The third-order valence-electron chi connectivity index (χ3n) is 2.86. The lowest BCUT2D eigenvalue weighted by Crippen LogP contribution is -2.33. The summed E-state index contributed by atoms with van der Waals surface area (Å²) in [7, 11) is 0. The van der Waals surface area contributed by atoms with Gasteiger partial charge < -0.3 is 14.7 Å². The molecule has 1 aromatic heterocycles. The Morgan fingerprint density at radius 1 is 1.56 bits per heavy atom. The molecule has 2 rings (SSSR count). The normalized spacial score (nSPS) is 14.3. The summed E-state index contributed by atoms with van der Waals surface area (Å²) in [6.45, 7) is 4.24. The smallest absolute Gasteiger partial charge is 0.323 e. The Bertz CT molecular complexity index is 446. The van der Waals surface area contributed by atoms with Gasteiger partial charge in [0.1, 0.15) is 18.7 Å². The van der Waals surface area contributed by atoms with Gasteiger partial charge in [-0.3, -0.25) is 4.79 Å². The summed E-state index contributed by atoms with van der Waals surface area (Å²) in [5.41, 5.74) is 0.799. The van der Waals surface area contributed by atoms with Gasteiger partial charge in [-0.1, -0.05) is 0 Å². The largest absolute Gasteiger partial charge is 0.480 e. The molecule has 0 aromatic carbocycles. The molecule has 6 nitrogen and oxygen atoms in total. The number of aliphatic carboxylic acids is 1. The molecule has 1 fully saturated rings. The first-order valence-corrected chi connectivity index (χ1v) is 6.06. The molecule has 1 aliphatic carbocycles. The number of rotatable bonds is 6. The summed E-state index contributed by atoms with van der Waals surface area (Å²) in [5.74, 6) is 0.342. The van der Waals surface area contributed by atoms with Crippen molar-refractivity contribution in [1.82, 2.24) is 9.97 Å². The molecule has 0 radical (unpaired) electrons. The Balaban J connectivity index is 2.29. The minimum atomic E-state index is -0.849. The number of hydrogen-bond donors (Lipinski definition) is 1. The van der Waals surface area contributed by atoms with Crippen molar-refractivity contribution in [2.24, 2.45) is 0 Å². The van der Waals surface area contributed by atoms with E-state index in [0.717, 1.165) is 18.4 Å². The lowest BCUT2D eigenvalue weighted by Gasteiger charge is -2.23. The van der Waals surface area contributed by atoms with E-state index in [1.165, 1.54) is 6.33 Å². The maximum Gasteiger partial charge on any atom is 0.323 e. The van der Waals surface area contributed by atoms with Gasteiger partial charge in [0.25, 0.3) is 0 Å². The van der Waals surface area contributed by atoms with E-state index in [1.54, 1.807) is 0 Å². The standard InChI is InChI=1S/C12H17N3O3/c1-3-18-12-8(2)11(13-7-14-12)15(6-10(16)17)9-4-5-9/h7,9H,3-6H2,1-2H3,(H,16,17). The first-order chi connectivity index (χ1) is 8.63. The van der Waals surface area contributed by atoms with Gasteiger partial charge in [0.2, 0.25) is 5.88 Å². The van der Waals surface area contributed by atoms with Gasteiger partial charge in [-0.15, -0.1) is 0 Å². The molecule has 0 atom stereocenters. The molecule has 1 aliphatic rings. The molecule has 0 saturated heterocycles. The summed E-state index contributed by atoms with van der Waals surface area (Å²) in [5, 5.41) is 8.97. The van der Waals surface area contributed by atoms with Gasteiger partial charge in [-0.25, -0.2) is 9.97 Å². The fraction of sp³-hybridized carbons (Fsp3) is 0.583. The van der Waals surface area contributed by atoms with E-state index in [4.69, 9.17) is 9.84 Å². The number of anilines is 1. The van der Waals surface area contributed by atoms with E-state index in [0.29, 0.717) is 18.3 Å². The number of hydrogen-bond acceptors (Lipinski definition) is 5. The van der Waals surface area contributed by atoms with Gasteiger partial charge in [0.15, 0.2) is 0 Å². The molecule has 1 heterocycles. The number of carbonyl (C=O) groups is 1. The zero-order valence-corrected chi connectivity index (χ0v) is 10.6. The summed E-state index contributed by atoms with van der Waals surface area (Å²) >= 11 is 0. The maximum absolute atomic E-state index is 10.9. The lowest BCUT2D eigenvalue weighted by atomic mass is 10.3. The fourth-order valence-corrected chi connectivity index (χ4v) is 1.91. The van der Waals surface area contributed by atoms with Gasteiger partial charge in [0, 0.05) is 6.04 Å². The van der Waals surface area contributed by atoms with Crippen molar-refractivity contribution in [3.05, 3.63) is 11.9 Å². The number of carboxylic acid groups (broad SMARTS) is 1. The van der Waals surface area contributed by atoms with Crippen molar-refractivity contribution in [3.63, 3.8) is 0 Å². The highest BCUT2D eigenvalue weighted by Gasteiger charge is 2.32. The minimum Gasteiger partial charge on any atom is -0.480 e. The van der Waals surface area contributed by atoms with Gasteiger partial charge in [0.05, 0.1) is 12.2 Å². The highest BCUT2D eigenvalue weighted by atomic mass is 16.5. The van der Waals surface area contributed by atoms with Crippen LogP contribution < -0.4 is 9.64 Å². The molecular weight excluding hydrogens is 234 g/mol. The SMILES string of the molecule is CCOc1ncnc(N(CC(=O)O)C2CC2)c1C. The van der Waals surface area contributed by atoms with Crippen molar-refractivity contribution in [2.75, 3.05) is 18.1 Å². The second-order valence-corrected chi connectivity index (χ2v) is 4.31. The van der Waals surface area contributed by atoms with Gasteiger partial charge in [-0.2, -0.15) is 0 Å². The van der Waals surface area contributed by atoms with Crippen molar-refractivity contribution < 1.29 is 14.6 Å². The maximum atomic E-state index is 10.9. The Hall–Kier alpha value is -1.85. The summed E-state index contributed by atoms with van der Waals surface area (Å²) < 4.78 is 5.41. The lowest BCUT2D eigenvalue weighted by molar-refractivity contribution is -0.135. The van der Waals surface area contributed by atoms with Crippen LogP contribution in [0.5, 0.6) is 5.88 Å². The molecule has 0 aliphatic heterocycles. The van der Waals surface area contributed by atoms with E-state index in [-0.39, 0.29) is 12.6 Å². The Morgan fingerprint density at radius 2 is 2.28 bits per heavy atom.